The number of aliphatic carboxylic acids is 1. The number of nitrogens with two attached hydrogens (primary N) is 1. The van der Waals surface area contributed by atoms with Crippen LogP contribution in [0.3, 0.4) is 0 Å². The number of piperidine rings is 1. The molecule has 170 valence electrons. The van der Waals surface area contributed by atoms with E-state index in [0.29, 0.717) is 31.5 Å². The van der Waals surface area contributed by atoms with Gasteiger partial charge in [0.25, 0.3) is 5.91 Å². The van der Waals surface area contributed by atoms with Crippen molar-refractivity contribution in [2.45, 2.75) is 31.2 Å². The Labute approximate surface area is 173 Å². The molecule has 1 saturated heterocycles. The zero-order valence-electron chi connectivity index (χ0n) is 15.4. The minimum absolute atomic E-state index is 0.0160. The molecule has 1 aromatic carbocycles. The van der Waals surface area contributed by atoms with Gasteiger partial charge in [-0.1, -0.05) is 11.6 Å². The molecule has 0 aliphatic carbocycles. The number of carbonyl (C=O) groups excluding carboxylic acids is 1. The van der Waals surface area contributed by atoms with E-state index in [1.54, 1.807) is 0 Å². The number of carboxylic acid groups (broad SMARTS) is 1. The summed E-state index contributed by atoms with van der Waals surface area (Å²) >= 11 is 5.74. The highest BCUT2D eigenvalue weighted by atomic mass is 35.5. The number of carboxylic acids is 1. The van der Waals surface area contributed by atoms with Crippen molar-refractivity contribution in [2.24, 2.45) is 11.7 Å². The van der Waals surface area contributed by atoms with Gasteiger partial charge in [0, 0.05) is 30.8 Å². The number of phenolic OH excluding ortho intramolecular Hbond substituents is 1. The zero-order valence-corrected chi connectivity index (χ0v) is 16.2. The largest absolute Gasteiger partial charge is 0.508 e. The SMILES string of the molecule is NC(c1cc(Cl)c(F)cc1O)C1CCN(C(=O)C(O)CO)CC1.O=C(O)C(F)(F)F. The van der Waals surface area contributed by atoms with Crippen molar-refractivity contribution in [1.29, 1.82) is 0 Å². The second kappa shape index (κ2) is 10.8. The van der Waals surface area contributed by atoms with E-state index in [9.17, 15) is 32.6 Å². The first-order valence-electron chi connectivity index (χ1n) is 8.60. The Morgan fingerprint density at radius 2 is 1.77 bits per heavy atom. The fraction of sp³-hybridized carbons (Fsp3) is 0.529. The van der Waals surface area contributed by atoms with Gasteiger partial charge in [-0.15, -0.1) is 0 Å². The topological polar surface area (TPSA) is 144 Å². The molecule has 2 unspecified atom stereocenters. The summed E-state index contributed by atoms with van der Waals surface area (Å²) in [6.45, 7) is 0.175. The molecule has 1 aliphatic heterocycles. The second-order valence-electron chi connectivity index (χ2n) is 6.51. The number of aliphatic hydroxyl groups is 2. The minimum Gasteiger partial charge on any atom is -0.508 e. The minimum atomic E-state index is -5.08. The monoisotopic (exact) mass is 460 g/mol. The number of benzene rings is 1. The molecule has 6 N–H and O–H groups in total. The predicted octanol–water partition coefficient (Wildman–Crippen LogP) is 1.41. The van der Waals surface area contributed by atoms with E-state index in [2.05, 4.69) is 0 Å². The number of hydrogen-bond donors (Lipinski definition) is 5. The van der Waals surface area contributed by atoms with Crippen molar-refractivity contribution in [3.8, 4) is 5.75 Å². The molecular weight excluding hydrogens is 440 g/mol. The Morgan fingerprint density at radius 1 is 1.27 bits per heavy atom. The summed E-state index contributed by atoms with van der Waals surface area (Å²) in [7, 11) is 0. The van der Waals surface area contributed by atoms with E-state index in [1.165, 1.54) is 11.0 Å². The summed E-state index contributed by atoms with van der Waals surface area (Å²) in [5, 5.41) is 35.1. The Bertz CT molecular complexity index is 756. The van der Waals surface area contributed by atoms with Gasteiger partial charge >= 0.3 is 12.1 Å². The molecule has 0 radical (unpaired) electrons. The second-order valence-corrected chi connectivity index (χ2v) is 6.92. The molecule has 2 atom stereocenters. The van der Waals surface area contributed by atoms with Crippen LogP contribution in [-0.4, -0.2) is 69.2 Å². The lowest BCUT2D eigenvalue weighted by molar-refractivity contribution is -0.192. The highest BCUT2D eigenvalue weighted by Gasteiger charge is 2.38. The van der Waals surface area contributed by atoms with Crippen molar-refractivity contribution < 1.29 is 47.6 Å². The first-order chi connectivity index (χ1) is 13.8. The summed E-state index contributed by atoms with van der Waals surface area (Å²) in [5.41, 5.74) is 6.53. The molecule has 1 fully saturated rings. The lowest BCUT2D eigenvalue weighted by Crippen LogP contribution is -2.46. The number of halogens is 5. The number of aliphatic hydroxyl groups excluding tert-OH is 2. The molecule has 1 heterocycles. The molecule has 0 saturated carbocycles. The molecule has 13 heteroatoms. The summed E-state index contributed by atoms with van der Waals surface area (Å²) < 4.78 is 45.0. The lowest BCUT2D eigenvalue weighted by Gasteiger charge is -2.35. The zero-order chi connectivity index (χ0) is 23.2. The van der Waals surface area contributed by atoms with Gasteiger partial charge < -0.3 is 31.1 Å². The number of aromatic hydroxyl groups is 1. The van der Waals surface area contributed by atoms with Gasteiger partial charge in [-0.25, -0.2) is 9.18 Å². The predicted molar refractivity (Wildman–Crippen MR) is 96.1 cm³/mol. The summed E-state index contributed by atoms with van der Waals surface area (Å²) in [6, 6.07) is 1.73. The molecule has 30 heavy (non-hydrogen) atoms. The fourth-order valence-corrected chi connectivity index (χ4v) is 3.01. The summed E-state index contributed by atoms with van der Waals surface area (Å²) in [6.07, 6.45) is -5.35. The van der Waals surface area contributed by atoms with Crippen molar-refractivity contribution in [3.63, 3.8) is 0 Å². The van der Waals surface area contributed by atoms with Crippen LogP contribution in [-0.2, 0) is 9.59 Å². The van der Waals surface area contributed by atoms with E-state index in [-0.39, 0.29) is 16.7 Å². The maximum absolute atomic E-state index is 13.3. The van der Waals surface area contributed by atoms with Crippen molar-refractivity contribution >= 4 is 23.5 Å². The lowest BCUT2D eigenvalue weighted by atomic mass is 9.85. The number of amides is 1. The third-order valence-corrected chi connectivity index (χ3v) is 4.78. The molecule has 1 aliphatic rings. The molecule has 0 aromatic heterocycles. The fourth-order valence-electron chi connectivity index (χ4n) is 2.84. The quantitative estimate of drug-likeness (QED) is 0.427. The first kappa shape index (κ1) is 25.9. The van der Waals surface area contributed by atoms with Crippen LogP contribution >= 0.6 is 11.6 Å². The Kier molecular flexibility index (Phi) is 9.28. The van der Waals surface area contributed by atoms with Gasteiger partial charge in [-0.05, 0) is 24.8 Å². The van der Waals surface area contributed by atoms with Crippen LogP contribution in [0.4, 0.5) is 17.6 Å². The molecule has 1 amide bonds. The Morgan fingerprint density at radius 3 is 2.20 bits per heavy atom. The average Bonchev–Trinajstić information content (AvgIpc) is 2.69. The van der Waals surface area contributed by atoms with E-state index < -0.39 is 42.6 Å². The van der Waals surface area contributed by atoms with Gasteiger partial charge in [0.1, 0.15) is 11.6 Å². The van der Waals surface area contributed by atoms with Gasteiger partial charge in [0.2, 0.25) is 0 Å². The van der Waals surface area contributed by atoms with Crippen molar-refractivity contribution in [2.75, 3.05) is 19.7 Å². The third kappa shape index (κ3) is 6.97. The van der Waals surface area contributed by atoms with Gasteiger partial charge in [-0.2, -0.15) is 13.2 Å². The summed E-state index contributed by atoms with van der Waals surface area (Å²) in [5.74, 6) is -4.23. The molecule has 8 nitrogen and oxygen atoms in total. The van der Waals surface area contributed by atoms with Crippen LogP contribution < -0.4 is 5.73 Å². The first-order valence-corrected chi connectivity index (χ1v) is 8.98. The van der Waals surface area contributed by atoms with E-state index in [0.717, 1.165) is 6.07 Å². The smallest absolute Gasteiger partial charge is 0.490 e. The summed E-state index contributed by atoms with van der Waals surface area (Å²) in [4.78, 5) is 22.2. The van der Waals surface area contributed by atoms with Crippen LogP contribution in [0.25, 0.3) is 0 Å². The maximum Gasteiger partial charge on any atom is 0.490 e. The molecule has 2 rings (SSSR count). The molecular formula is C17H21ClF4N2O6. The number of rotatable bonds is 4. The van der Waals surface area contributed by atoms with Crippen LogP contribution in [0, 0.1) is 11.7 Å². The number of nitrogens with zero attached hydrogens (tertiary/aromatic N) is 1. The third-order valence-electron chi connectivity index (χ3n) is 4.49. The normalized spacial score (nSPS) is 17.0. The van der Waals surface area contributed by atoms with E-state index in [4.69, 9.17) is 32.3 Å². The average molecular weight is 461 g/mol. The van der Waals surface area contributed by atoms with E-state index >= 15 is 0 Å². The van der Waals surface area contributed by atoms with Crippen LogP contribution in [0.5, 0.6) is 5.75 Å². The maximum atomic E-state index is 13.3. The van der Waals surface area contributed by atoms with Crippen molar-refractivity contribution in [3.05, 3.63) is 28.5 Å². The van der Waals surface area contributed by atoms with E-state index in [1.807, 2.05) is 0 Å². The number of likely N-dealkylation sites (tertiary alicyclic amines) is 1. The highest BCUT2D eigenvalue weighted by Crippen LogP contribution is 2.36. The van der Waals surface area contributed by atoms with Gasteiger partial charge in [0.05, 0.1) is 11.6 Å². The molecule has 1 aromatic rings. The highest BCUT2D eigenvalue weighted by molar-refractivity contribution is 6.30. The van der Waals surface area contributed by atoms with Crippen LogP contribution in [0.2, 0.25) is 5.02 Å². The standard InChI is InChI=1S/C15H20ClFN2O4.C2HF3O2/c16-10-5-9(12(21)6-11(10)17)14(18)8-1-3-19(4-2-8)15(23)13(22)7-20;3-2(4,5)1(6)7/h5-6,8,13-14,20-22H,1-4,7,18H2;(H,6,7). The number of carbonyl (C=O) groups is 2. The Hall–Kier alpha value is -2.15. The number of phenols is 1. The Balaban J connectivity index is 0.000000553. The van der Waals surface area contributed by atoms with Crippen molar-refractivity contribution in [1.82, 2.24) is 4.90 Å². The van der Waals surface area contributed by atoms with Crippen LogP contribution in [0.15, 0.2) is 12.1 Å². The van der Waals surface area contributed by atoms with Gasteiger partial charge in [0.15, 0.2) is 6.10 Å². The number of alkyl halides is 3. The molecule has 0 spiro atoms. The number of hydrogen-bond acceptors (Lipinski definition) is 6. The van der Waals surface area contributed by atoms with Crippen LogP contribution in [0.1, 0.15) is 24.4 Å². The molecule has 0 bridgehead atoms. The van der Waals surface area contributed by atoms with Gasteiger partial charge in [-0.3, -0.25) is 4.79 Å².